The summed E-state index contributed by atoms with van der Waals surface area (Å²) in [7, 11) is 0. The first kappa shape index (κ1) is 11.4. The van der Waals surface area contributed by atoms with E-state index < -0.39 is 0 Å². The molecule has 0 radical (unpaired) electrons. The van der Waals surface area contributed by atoms with Gasteiger partial charge in [-0.3, -0.25) is 9.36 Å². The predicted octanol–water partition coefficient (Wildman–Crippen LogP) is 1.49. The molecule has 1 aromatic heterocycles. The SMILES string of the molecule is CCOC(=O)Cn1c(N)nc2cccc(C)c21. The van der Waals surface area contributed by atoms with Gasteiger partial charge in [-0.05, 0) is 25.5 Å². The number of ether oxygens (including phenoxy) is 1. The van der Waals surface area contributed by atoms with Crippen LogP contribution in [0.3, 0.4) is 0 Å². The molecule has 5 nitrogen and oxygen atoms in total. The normalized spacial score (nSPS) is 10.7. The molecule has 0 saturated heterocycles. The molecule has 0 unspecified atom stereocenters. The third-order valence-electron chi connectivity index (χ3n) is 2.59. The average molecular weight is 233 g/mol. The van der Waals surface area contributed by atoms with E-state index in [1.165, 1.54) is 0 Å². The quantitative estimate of drug-likeness (QED) is 0.815. The van der Waals surface area contributed by atoms with Gasteiger partial charge in [0.25, 0.3) is 0 Å². The van der Waals surface area contributed by atoms with Gasteiger partial charge < -0.3 is 10.5 Å². The Morgan fingerprint density at radius 1 is 1.53 bits per heavy atom. The molecule has 1 heterocycles. The molecule has 0 aliphatic carbocycles. The van der Waals surface area contributed by atoms with Crippen molar-refractivity contribution < 1.29 is 9.53 Å². The van der Waals surface area contributed by atoms with Gasteiger partial charge in [0, 0.05) is 0 Å². The maximum absolute atomic E-state index is 11.5. The van der Waals surface area contributed by atoms with Crippen molar-refractivity contribution in [1.29, 1.82) is 0 Å². The Bertz CT molecular complexity index is 560. The number of nitrogens with zero attached hydrogens (tertiary/aromatic N) is 2. The molecule has 0 saturated carbocycles. The molecule has 0 fully saturated rings. The summed E-state index contributed by atoms with van der Waals surface area (Å²) in [5.41, 5.74) is 8.53. The summed E-state index contributed by atoms with van der Waals surface area (Å²) in [6.45, 7) is 4.20. The number of aryl methyl sites for hydroxylation is 1. The molecule has 2 rings (SSSR count). The molecular weight excluding hydrogens is 218 g/mol. The van der Waals surface area contributed by atoms with E-state index in [2.05, 4.69) is 4.98 Å². The molecule has 1 aromatic carbocycles. The second-order valence-corrected chi connectivity index (χ2v) is 3.80. The molecule has 0 aliphatic heterocycles. The van der Waals surface area contributed by atoms with Gasteiger partial charge in [0.2, 0.25) is 5.95 Å². The minimum absolute atomic E-state index is 0.0982. The van der Waals surface area contributed by atoms with Crippen LogP contribution in [0.1, 0.15) is 12.5 Å². The highest BCUT2D eigenvalue weighted by atomic mass is 16.5. The second kappa shape index (κ2) is 4.45. The zero-order valence-corrected chi connectivity index (χ0v) is 9.93. The number of fused-ring (bicyclic) bond motifs is 1. The minimum Gasteiger partial charge on any atom is -0.465 e. The number of hydrogen-bond acceptors (Lipinski definition) is 4. The van der Waals surface area contributed by atoms with Gasteiger partial charge in [-0.25, -0.2) is 4.98 Å². The lowest BCUT2D eigenvalue weighted by Gasteiger charge is -2.07. The smallest absolute Gasteiger partial charge is 0.326 e. The summed E-state index contributed by atoms with van der Waals surface area (Å²) in [5.74, 6) is 0.0316. The number of anilines is 1. The van der Waals surface area contributed by atoms with Crippen molar-refractivity contribution >= 4 is 23.0 Å². The molecule has 0 spiro atoms. The van der Waals surface area contributed by atoms with Crippen LogP contribution in [0.15, 0.2) is 18.2 Å². The molecule has 0 bridgehead atoms. The van der Waals surface area contributed by atoms with Crippen LogP contribution in [0.25, 0.3) is 11.0 Å². The molecular formula is C12H15N3O2. The number of carbonyl (C=O) groups is 1. The Labute approximate surface area is 99.2 Å². The van der Waals surface area contributed by atoms with E-state index in [-0.39, 0.29) is 12.5 Å². The highest BCUT2D eigenvalue weighted by molar-refractivity contribution is 5.83. The van der Waals surface area contributed by atoms with Crippen molar-refractivity contribution in [2.75, 3.05) is 12.3 Å². The van der Waals surface area contributed by atoms with Crippen molar-refractivity contribution in [1.82, 2.24) is 9.55 Å². The van der Waals surface area contributed by atoms with Crippen molar-refractivity contribution in [3.8, 4) is 0 Å². The maximum atomic E-state index is 11.5. The van der Waals surface area contributed by atoms with Gasteiger partial charge >= 0.3 is 5.97 Å². The molecule has 0 aliphatic rings. The van der Waals surface area contributed by atoms with Crippen LogP contribution < -0.4 is 5.73 Å². The standard InChI is InChI=1S/C12H15N3O2/c1-3-17-10(16)7-15-11-8(2)5-4-6-9(11)14-12(15)13/h4-6H,3,7H2,1-2H3,(H2,13,14). The maximum Gasteiger partial charge on any atom is 0.326 e. The van der Waals surface area contributed by atoms with Crippen molar-refractivity contribution in [3.63, 3.8) is 0 Å². The van der Waals surface area contributed by atoms with Gasteiger partial charge in [-0.15, -0.1) is 0 Å². The number of imidazole rings is 1. The zero-order valence-electron chi connectivity index (χ0n) is 9.93. The summed E-state index contributed by atoms with van der Waals surface area (Å²) in [6.07, 6.45) is 0. The fraction of sp³-hybridized carbons (Fsp3) is 0.333. The lowest BCUT2D eigenvalue weighted by molar-refractivity contribution is -0.143. The number of rotatable bonds is 3. The Morgan fingerprint density at radius 2 is 2.29 bits per heavy atom. The van der Waals surface area contributed by atoms with Crippen LogP contribution in [-0.2, 0) is 16.1 Å². The Hall–Kier alpha value is -2.04. The van der Waals surface area contributed by atoms with Crippen molar-refractivity contribution in [2.24, 2.45) is 0 Å². The Balaban J connectivity index is 2.45. The number of benzene rings is 1. The van der Waals surface area contributed by atoms with E-state index in [1.807, 2.05) is 25.1 Å². The van der Waals surface area contributed by atoms with E-state index in [0.717, 1.165) is 16.6 Å². The van der Waals surface area contributed by atoms with Crippen molar-refractivity contribution in [3.05, 3.63) is 23.8 Å². The number of nitrogens with two attached hydrogens (primary N) is 1. The molecule has 2 N–H and O–H groups in total. The number of aromatic nitrogens is 2. The van der Waals surface area contributed by atoms with Crippen molar-refractivity contribution in [2.45, 2.75) is 20.4 Å². The predicted molar refractivity (Wildman–Crippen MR) is 65.5 cm³/mol. The molecule has 90 valence electrons. The van der Waals surface area contributed by atoms with Crippen LogP contribution in [0, 0.1) is 6.92 Å². The van der Waals surface area contributed by atoms with Crippen LogP contribution in [0.5, 0.6) is 0 Å². The van der Waals surface area contributed by atoms with E-state index in [4.69, 9.17) is 10.5 Å². The van der Waals surface area contributed by atoms with Gasteiger partial charge in [0.05, 0.1) is 17.6 Å². The number of nitrogen functional groups attached to an aromatic ring is 1. The van der Waals surface area contributed by atoms with Crippen LogP contribution >= 0.6 is 0 Å². The fourth-order valence-electron chi connectivity index (χ4n) is 1.88. The van der Waals surface area contributed by atoms with Gasteiger partial charge in [0.15, 0.2) is 0 Å². The van der Waals surface area contributed by atoms with E-state index in [9.17, 15) is 4.79 Å². The molecule has 0 amide bonds. The summed E-state index contributed by atoms with van der Waals surface area (Å²) < 4.78 is 6.60. The van der Waals surface area contributed by atoms with Gasteiger partial charge in [-0.1, -0.05) is 12.1 Å². The first-order valence-electron chi connectivity index (χ1n) is 5.50. The largest absolute Gasteiger partial charge is 0.465 e. The first-order chi connectivity index (χ1) is 8.13. The summed E-state index contributed by atoms with van der Waals surface area (Å²) in [5, 5.41) is 0. The van der Waals surface area contributed by atoms with E-state index in [0.29, 0.717) is 12.6 Å². The average Bonchev–Trinajstić information content (AvgIpc) is 2.57. The van der Waals surface area contributed by atoms with E-state index in [1.54, 1.807) is 11.5 Å². The molecule has 0 atom stereocenters. The Kier molecular flexibility index (Phi) is 2.99. The molecule has 17 heavy (non-hydrogen) atoms. The summed E-state index contributed by atoms with van der Waals surface area (Å²) in [4.78, 5) is 15.7. The fourth-order valence-corrected chi connectivity index (χ4v) is 1.88. The molecule has 5 heteroatoms. The Morgan fingerprint density at radius 3 is 3.00 bits per heavy atom. The first-order valence-corrected chi connectivity index (χ1v) is 5.50. The summed E-state index contributed by atoms with van der Waals surface area (Å²) >= 11 is 0. The third kappa shape index (κ3) is 2.08. The highest BCUT2D eigenvalue weighted by Gasteiger charge is 2.13. The van der Waals surface area contributed by atoms with E-state index >= 15 is 0 Å². The third-order valence-corrected chi connectivity index (χ3v) is 2.59. The lowest BCUT2D eigenvalue weighted by atomic mass is 10.2. The number of carbonyl (C=O) groups excluding carboxylic acids is 1. The number of para-hydroxylation sites is 1. The summed E-state index contributed by atoms with van der Waals surface area (Å²) in [6, 6.07) is 5.75. The lowest BCUT2D eigenvalue weighted by Crippen LogP contribution is -2.15. The highest BCUT2D eigenvalue weighted by Crippen LogP contribution is 2.21. The zero-order chi connectivity index (χ0) is 12.4. The molecule has 2 aromatic rings. The minimum atomic E-state index is -0.304. The monoisotopic (exact) mass is 233 g/mol. The number of hydrogen-bond donors (Lipinski definition) is 1. The topological polar surface area (TPSA) is 70.1 Å². The van der Waals surface area contributed by atoms with Gasteiger partial charge in [-0.2, -0.15) is 0 Å². The number of esters is 1. The van der Waals surface area contributed by atoms with Crippen LogP contribution in [0.4, 0.5) is 5.95 Å². The second-order valence-electron chi connectivity index (χ2n) is 3.80. The van der Waals surface area contributed by atoms with Crippen LogP contribution in [-0.4, -0.2) is 22.1 Å². The van der Waals surface area contributed by atoms with Crippen LogP contribution in [0.2, 0.25) is 0 Å². The van der Waals surface area contributed by atoms with Gasteiger partial charge in [0.1, 0.15) is 6.54 Å².